The molecular formula is C25H30N4O3. The number of ether oxygens (including phenoxy) is 1. The van der Waals surface area contributed by atoms with Crippen LogP contribution in [-0.2, 0) is 4.79 Å². The Balaban J connectivity index is 1.30. The molecule has 2 fully saturated rings. The Morgan fingerprint density at radius 1 is 1.09 bits per heavy atom. The number of hydrogen-bond acceptors (Lipinski definition) is 5. The number of piperazine rings is 1. The Kier molecular flexibility index (Phi) is 5.59. The zero-order chi connectivity index (χ0) is 22.2. The minimum atomic E-state index is 0.0784. The number of aliphatic imine (C=N–C) groups is 1. The van der Waals surface area contributed by atoms with Crippen molar-refractivity contribution < 1.29 is 14.3 Å². The monoisotopic (exact) mass is 434 g/mol. The van der Waals surface area contributed by atoms with Gasteiger partial charge in [0.25, 0.3) is 5.91 Å². The molecule has 2 saturated heterocycles. The van der Waals surface area contributed by atoms with E-state index in [-0.39, 0.29) is 17.9 Å². The third kappa shape index (κ3) is 3.97. The number of hydrogen-bond donors (Lipinski definition) is 0. The number of fused-ring (bicyclic) bond motifs is 3. The first kappa shape index (κ1) is 20.9. The molecule has 0 aromatic heterocycles. The van der Waals surface area contributed by atoms with Crippen molar-refractivity contribution in [3.05, 3.63) is 35.4 Å². The molecule has 0 saturated carbocycles. The van der Waals surface area contributed by atoms with E-state index >= 15 is 0 Å². The zero-order valence-electron chi connectivity index (χ0n) is 18.8. The molecule has 0 aliphatic carbocycles. The average molecular weight is 435 g/mol. The Hall–Kier alpha value is -2.93. The SMILES string of the molecule is CC(=O)N1CCN(CCOc2cc3cc4c(cc3cc2C)N=C[C@@H]2CCCN2C4=O)CC1. The maximum Gasteiger partial charge on any atom is 0.256 e. The molecule has 0 N–H and O–H groups in total. The highest BCUT2D eigenvalue weighted by molar-refractivity contribution is 6.06. The summed E-state index contributed by atoms with van der Waals surface area (Å²) in [5, 5.41) is 2.07. The maximum absolute atomic E-state index is 13.1. The Morgan fingerprint density at radius 2 is 1.88 bits per heavy atom. The summed E-state index contributed by atoms with van der Waals surface area (Å²) in [5.41, 5.74) is 2.51. The topological polar surface area (TPSA) is 65.5 Å². The standard InChI is InChI=1S/C25H30N4O3/c1-17-12-19-14-23-22(25(31)29-5-3-4-21(29)16-26-23)13-20(19)15-24(17)32-11-10-27-6-8-28(9-7-27)18(2)30/h12-16,21H,3-11H2,1-2H3/t21-/m0/s1. The normalized spacial score (nSPS) is 20.9. The summed E-state index contributed by atoms with van der Waals surface area (Å²) in [6.45, 7) is 9.23. The summed E-state index contributed by atoms with van der Waals surface area (Å²) in [5.74, 6) is 1.08. The van der Waals surface area contributed by atoms with Gasteiger partial charge in [-0.05, 0) is 60.4 Å². The minimum absolute atomic E-state index is 0.0784. The van der Waals surface area contributed by atoms with Gasteiger partial charge in [0.1, 0.15) is 12.4 Å². The third-order valence-electron chi connectivity index (χ3n) is 6.91. The largest absolute Gasteiger partial charge is 0.492 e. The van der Waals surface area contributed by atoms with E-state index in [2.05, 4.69) is 22.9 Å². The highest BCUT2D eigenvalue weighted by Gasteiger charge is 2.31. The Morgan fingerprint density at radius 3 is 2.66 bits per heavy atom. The van der Waals surface area contributed by atoms with E-state index in [9.17, 15) is 9.59 Å². The molecule has 0 radical (unpaired) electrons. The number of carbonyl (C=O) groups excluding carboxylic acids is 2. The summed E-state index contributed by atoms with van der Waals surface area (Å²) in [6.07, 6.45) is 3.96. The lowest BCUT2D eigenvalue weighted by molar-refractivity contribution is -0.130. The van der Waals surface area contributed by atoms with Gasteiger partial charge in [-0.2, -0.15) is 0 Å². The molecule has 2 aromatic carbocycles. The molecule has 3 heterocycles. The molecule has 5 rings (SSSR count). The summed E-state index contributed by atoms with van der Waals surface area (Å²) < 4.78 is 6.14. The molecule has 0 unspecified atom stereocenters. The predicted octanol–water partition coefficient (Wildman–Crippen LogP) is 3.01. The first-order valence-corrected chi connectivity index (χ1v) is 11.5. The first-order chi connectivity index (χ1) is 15.5. The van der Waals surface area contributed by atoms with Crippen molar-refractivity contribution in [1.29, 1.82) is 0 Å². The van der Waals surface area contributed by atoms with Crippen molar-refractivity contribution in [2.45, 2.75) is 32.7 Å². The number of benzene rings is 2. The van der Waals surface area contributed by atoms with E-state index in [1.54, 1.807) is 6.92 Å². The molecule has 3 aliphatic rings. The fraction of sp³-hybridized carbons (Fsp3) is 0.480. The van der Waals surface area contributed by atoms with Crippen LogP contribution in [0.4, 0.5) is 5.69 Å². The highest BCUT2D eigenvalue weighted by Crippen LogP contribution is 2.34. The van der Waals surface area contributed by atoms with Crippen LogP contribution in [0, 0.1) is 6.92 Å². The molecule has 3 aliphatic heterocycles. The smallest absolute Gasteiger partial charge is 0.256 e. The van der Waals surface area contributed by atoms with Gasteiger partial charge in [0, 0.05) is 52.4 Å². The van der Waals surface area contributed by atoms with Gasteiger partial charge < -0.3 is 14.5 Å². The van der Waals surface area contributed by atoms with Crippen molar-refractivity contribution in [2.24, 2.45) is 4.99 Å². The van der Waals surface area contributed by atoms with Crippen molar-refractivity contribution in [2.75, 3.05) is 45.9 Å². The fourth-order valence-corrected chi connectivity index (χ4v) is 4.96. The number of amides is 2. The first-order valence-electron chi connectivity index (χ1n) is 11.5. The van der Waals surface area contributed by atoms with Crippen LogP contribution in [0.1, 0.15) is 35.7 Å². The molecule has 2 aromatic rings. The molecule has 7 heteroatoms. The number of rotatable bonds is 4. The summed E-state index contributed by atoms with van der Waals surface area (Å²) in [4.78, 5) is 35.4. The van der Waals surface area contributed by atoms with Gasteiger partial charge in [0.15, 0.2) is 0 Å². The van der Waals surface area contributed by atoms with Crippen molar-refractivity contribution >= 4 is 34.5 Å². The van der Waals surface area contributed by atoms with E-state index < -0.39 is 0 Å². The zero-order valence-corrected chi connectivity index (χ0v) is 18.8. The van der Waals surface area contributed by atoms with Gasteiger partial charge in [0.05, 0.1) is 17.3 Å². The van der Waals surface area contributed by atoms with E-state index in [4.69, 9.17) is 4.74 Å². The van der Waals surface area contributed by atoms with E-state index in [0.29, 0.717) is 12.2 Å². The van der Waals surface area contributed by atoms with Gasteiger partial charge in [-0.1, -0.05) is 0 Å². The lowest BCUT2D eigenvalue weighted by atomic mass is 10.0. The number of nitrogens with zero attached hydrogens (tertiary/aromatic N) is 4. The van der Waals surface area contributed by atoms with Crippen LogP contribution in [0.5, 0.6) is 5.75 Å². The van der Waals surface area contributed by atoms with Crippen LogP contribution in [0.3, 0.4) is 0 Å². The molecular weight excluding hydrogens is 404 g/mol. The second-order valence-electron chi connectivity index (χ2n) is 9.02. The van der Waals surface area contributed by atoms with Crippen molar-refractivity contribution in [1.82, 2.24) is 14.7 Å². The van der Waals surface area contributed by atoms with Gasteiger partial charge in [-0.3, -0.25) is 19.5 Å². The van der Waals surface area contributed by atoms with Crippen molar-refractivity contribution in [3.8, 4) is 5.75 Å². The quantitative estimate of drug-likeness (QED) is 0.742. The highest BCUT2D eigenvalue weighted by atomic mass is 16.5. The van der Waals surface area contributed by atoms with Gasteiger partial charge in [0.2, 0.25) is 5.91 Å². The molecule has 32 heavy (non-hydrogen) atoms. The summed E-state index contributed by atoms with van der Waals surface area (Å²) in [7, 11) is 0. The molecule has 0 bridgehead atoms. The van der Waals surface area contributed by atoms with Crippen LogP contribution in [0.15, 0.2) is 29.3 Å². The van der Waals surface area contributed by atoms with Gasteiger partial charge in [-0.15, -0.1) is 0 Å². The second kappa shape index (κ2) is 8.54. The molecule has 0 spiro atoms. The minimum Gasteiger partial charge on any atom is -0.492 e. The lowest BCUT2D eigenvalue weighted by Gasteiger charge is -2.34. The van der Waals surface area contributed by atoms with Crippen LogP contribution >= 0.6 is 0 Å². The molecule has 168 valence electrons. The maximum atomic E-state index is 13.1. The fourth-order valence-electron chi connectivity index (χ4n) is 4.96. The van der Waals surface area contributed by atoms with Crippen LogP contribution in [-0.4, -0.2) is 84.6 Å². The van der Waals surface area contributed by atoms with Gasteiger partial charge in [-0.25, -0.2) is 0 Å². The predicted molar refractivity (Wildman–Crippen MR) is 125 cm³/mol. The summed E-state index contributed by atoms with van der Waals surface area (Å²) >= 11 is 0. The average Bonchev–Trinajstić information content (AvgIpc) is 3.21. The Bertz CT molecular complexity index is 1090. The Labute approximate surface area is 188 Å². The molecule has 1 atom stereocenters. The van der Waals surface area contributed by atoms with Crippen molar-refractivity contribution in [3.63, 3.8) is 0 Å². The van der Waals surface area contributed by atoms with Gasteiger partial charge >= 0.3 is 0 Å². The van der Waals surface area contributed by atoms with E-state index in [1.165, 1.54) is 0 Å². The van der Waals surface area contributed by atoms with Crippen LogP contribution in [0.25, 0.3) is 10.8 Å². The summed E-state index contributed by atoms with van der Waals surface area (Å²) in [6, 6.07) is 8.27. The third-order valence-corrected chi connectivity index (χ3v) is 6.91. The van der Waals surface area contributed by atoms with E-state index in [1.807, 2.05) is 34.2 Å². The molecule has 7 nitrogen and oxygen atoms in total. The molecule has 2 amide bonds. The van der Waals surface area contributed by atoms with Crippen LogP contribution in [0.2, 0.25) is 0 Å². The second-order valence-corrected chi connectivity index (χ2v) is 9.02. The number of carbonyl (C=O) groups is 2. The number of aryl methyl sites for hydroxylation is 1. The van der Waals surface area contributed by atoms with E-state index in [0.717, 1.165) is 79.9 Å². The lowest BCUT2D eigenvalue weighted by Crippen LogP contribution is -2.48. The van der Waals surface area contributed by atoms with Crippen LogP contribution < -0.4 is 4.74 Å².